The van der Waals surface area contributed by atoms with Crippen molar-refractivity contribution >= 4 is 27.0 Å². The first kappa shape index (κ1) is 15.8. The van der Waals surface area contributed by atoms with Gasteiger partial charge in [0.25, 0.3) is 5.56 Å². The molecule has 0 aromatic carbocycles. The topological polar surface area (TPSA) is 82.2 Å². The highest BCUT2D eigenvalue weighted by molar-refractivity contribution is 7.92. The van der Waals surface area contributed by atoms with Crippen LogP contribution >= 0.6 is 12.2 Å². The van der Waals surface area contributed by atoms with Crippen LogP contribution < -0.4 is 11.3 Å². The average Bonchev–Trinajstić information content (AvgIpc) is 2.25. The standard InChI is InChI=1S/C12H18N2O3S2/c1-12(2,3)19(16,17)8-7-14-6-4-5-9(10(13)18)11(14)15/h4-6H,7-8H2,1-3H3,(H2,13,18). The van der Waals surface area contributed by atoms with Gasteiger partial charge in [0.15, 0.2) is 9.84 Å². The second-order valence-electron chi connectivity index (χ2n) is 5.22. The Morgan fingerprint density at radius 1 is 1.42 bits per heavy atom. The van der Waals surface area contributed by atoms with Crippen LogP contribution in [-0.2, 0) is 16.4 Å². The average molecular weight is 302 g/mol. The van der Waals surface area contributed by atoms with Gasteiger partial charge in [-0.05, 0) is 32.9 Å². The summed E-state index contributed by atoms with van der Waals surface area (Å²) in [4.78, 5) is 12.0. The second-order valence-corrected chi connectivity index (χ2v) is 8.52. The SMILES string of the molecule is CC(C)(C)S(=O)(=O)CCn1cccc(C(N)=S)c1=O. The number of nitrogens with two attached hydrogens (primary N) is 1. The van der Waals surface area contributed by atoms with Crippen LogP contribution in [-0.4, -0.2) is 28.5 Å². The molecule has 1 rings (SSSR count). The molecule has 19 heavy (non-hydrogen) atoms. The molecule has 106 valence electrons. The lowest BCUT2D eigenvalue weighted by molar-refractivity contribution is 0.552. The van der Waals surface area contributed by atoms with Crippen LogP contribution in [0.3, 0.4) is 0 Å². The molecular formula is C12H18N2O3S2. The Morgan fingerprint density at radius 2 is 2.00 bits per heavy atom. The minimum absolute atomic E-state index is 0.0121. The van der Waals surface area contributed by atoms with E-state index in [1.54, 1.807) is 26.8 Å². The van der Waals surface area contributed by atoms with Gasteiger partial charge in [-0.3, -0.25) is 4.79 Å². The summed E-state index contributed by atoms with van der Waals surface area (Å²) in [6.45, 7) is 5.00. The number of aryl methyl sites for hydroxylation is 1. The van der Waals surface area contributed by atoms with E-state index in [0.29, 0.717) is 0 Å². The van der Waals surface area contributed by atoms with Crippen molar-refractivity contribution in [2.75, 3.05) is 5.75 Å². The number of thiocarbonyl (C=S) groups is 1. The molecule has 0 atom stereocenters. The number of hydrogen-bond acceptors (Lipinski definition) is 4. The molecule has 0 aliphatic carbocycles. The third-order valence-corrected chi connectivity index (χ3v) is 5.63. The van der Waals surface area contributed by atoms with E-state index in [1.165, 1.54) is 16.8 Å². The smallest absolute Gasteiger partial charge is 0.260 e. The summed E-state index contributed by atoms with van der Waals surface area (Å²) >= 11 is 4.77. The van der Waals surface area contributed by atoms with Crippen molar-refractivity contribution in [3.63, 3.8) is 0 Å². The number of sulfone groups is 1. The van der Waals surface area contributed by atoms with Gasteiger partial charge in [-0.1, -0.05) is 12.2 Å². The Kier molecular flexibility index (Phi) is 4.52. The molecule has 7 heteroatoms. The molecule has 0 aliphatic heterocycles. The molecule has 1 aromatic rings. The molecule has 0 bridgehead atoms. The zero-order valence-electron chi connectivity index (χ0n) is 11.2. The van der Waals surface area contributed by atoms with E-state index in [-0.39, 0.29) is 28.4 Å². The molecule has 0 aliphatic rings. The molecule has 0 saturated carbocycles. The van der Waals surface area contributed by atoms with Crippen LogP contribution in [0.25, 0.3) is 0 Å². The fourth-order valence-corrected chi connectivity index (χ4v) is 2.63. The zero-order chi connectivity index (χ0) is 14.8. The summed E-state index contributed by atoms with van der Waals surface area (Å²) in [6, 6.07) is 3.15. The molecule has 0 spiro atoms. The highest BCUT2D eigenvalue weighted by Crippen LogP contribution is 2.15. The summed E-state index contributed by atoms with van der Waals surface area (Å²) in [5, 5.41) is 0. The predicted octanol–water partition coefficient (Wildman–Crippen LogP) is 0.696. The number of pyridine rings is 1. The molecule has 0 amide bonds. The lowest BCUT2D eigenvalue weighted by Crippen LogP contribution is -2.35. The van der Waals surface area contributed by atoms with Crippen molar-refractivity contribution in [1.82, 2.24) is 4.57 Å². The highest BCUT2D eigenvalue weighted by Gasteiger charge is 2.28. The van der Waals surface area contributed by atoms with Gasteiger partial charge in [-0.25, -0.2) is 8.42 Å². The molecule has 0 saturated heterocycles. The Morgan fingerprint density at radius 3 is 2.47 bits per heavy atom. The summed E-state index contributed by atoms with van der Waals surface area (Å²) in [6.07, 6.45) is 1.53. The summed E-state index contributed by atoms with van der Waals surface area (Å²) in [5.74, 6) is -0.100. The van der Waals surface area contributed by atoms with E-state index < -0.39 is 14.6 Å². The fourth-order valence-electron chi connectivity index (χ4n) is 1.43. The van der Waals surface area contributed by atoms with Crippen LogP contribution in [0, 0.1) is 0 Å². The summed E-state index contributed by atoms with van der Waals surface area (Å²) in [7, 11) is -3.27. The highest BCUT2D eigenvalue weighted by atomic mass is 32.2. The number of hydrogen-bond donors (Lipinski definition) is 1. The Balaban J connectivity index is 3.01. The van der Waals surface area contributed by atoms with Crippen LogP contribution in [0.15, 0.2) is 23.1 Å². The summed E-state index contributed by atoms with van der Waals surface area (Å²) < 4.78 is 24.5. The Bertz CT molecular complexity index is 640. The minimum Gasteiger partial charge on any atom is -0.389 e. The first-order valence-corrected chi connectivity index (χ1v) is 7.84. The van der Waals surface area contributed by atoms with Gasteiger partial charge < -0.3 is 10.3 Å². The van der Waals surface area contributed by atoms with Crippen molar-refractivity contribution in [1.29, 1.82) is 0 Å². The maximum absolute atomic E-state index is 12.0. The quantitative estimate of drug-likeness (QED) is 0.828. The van der Waals surface area contributed by atoms with Crippen LogP contribution in [0.2, 0.25) is 0 Å². The van der Waals surface area contributed by atoms with Crippen molar-refractivity contribution in [3.05, 3.63) is 34.2 Å². The first-order valence-electron chi connectivity index (χ1n) is 5.78. The predicted molar refractivity (Wildman–Crippen MR) is 80.1 cm³/mol. The van der Waals surface area contributed by atoms with Gasteiger partial charge in [0, 0.05) is 12.7 Å². The molecule has 1 heterocycles. The largest absolute Gasteiger partial charge is 0.389 e. The lowest BCUT2D eigenvalue weighted by Gasteiger charge is -2.19. The molecule has 1 aromatic heterocycles. The number of rotatable bonds is 4. The molecule has 0 unspecified atom stereocenters. The van der Waals surface area contributed by atoms with Crippen molar-refractivity contribution in [2.45, 2.75) is 32.1 Å². The van der Waals surface area contributed by atoms with Gasteiger partial charge >= 0.3 is 0 Å². The van der Waals surface area contributed by atoms with Gasteiger partial charge in [0.05, 0.1) is 16.1 Å². The van der Waals surface area contributed by atoms with Crippen molar-refractivity contribution in [2.24, 2.45) is 5.73 Å². The Hall–Kier alpha value is -1.21. The van der Waals surface area contributed by atoms with Crippen LogP contribution in [0.5, 0.6) is 0 Å². The molecule has 0 radical (unpaired) electrons. The van der Waals surface area contributed by atoms with Crippen LogP contribution in [0.1, 0.15) is 26.3 Å². The number of aromatic nitrogens is 1. The van der Waals surface area contributed by atoms with Crippen LogP contribution in [0.4, 0.5) is 0 Å². The fraction of sp³-hybridized carbons (Fsp3) is 0.500. The Labute approximate surface area is 118 Å². The second kappa shape index (κ2) is 5.42. The lowest BCUT2D eigenvalue weighted by atomic mass is 10.3. The van der Waals surface area contributed by atoms with Gasteiger partial charge in [0.2, 0.25) is 0 Å². The van der Waals surface area contributed by atoms with E-state index in [1.807, 2.05) is 0 Å². The van der Waals surface area contributed by atoms with E-state index in [2.05, 4.69) is 0 Å². The normalized spacial score (nSPS) is 12.4. The first-order chi connectivity index (χ1) is 8.56. The van der Waals surface area contributed by atoms with Gasteiger partial charge in [-0.15, -0.1) is 0 Å². The molecular weight excluding hydrogens is 284 g/mol. The van der Waals surface area contributed by atoms with E-state index in [0.717, 1.165) is 0 Å². The minimum atomic E-state index is -3.27. The molecule has 0 fully saturated rings. The van der Waals surface area contributed by atoms with Crippen molar-refractivity contribution in [3.8, 4) is 0 Å². The van der Waals surface area contributed by atoms with E-state index in [4.69, 9.17) is 18.0 Å². The summed E-state index contributed by atoms with van der Waals surface area (Å²) in [5.41, 5.74) is 5.30. The van der Waals surface area contributed by atoms with Gasteiger partial charge in [-0.2, -0.15) is 0 Å². The third kappa shape index (κ3) is 3.63. The monoisotopic (exact) mass is 302 g/mol. The zero-order valence-corrected chi connectivity index (χ0v) is 12.8. The van der Waals surface area contributed by atoms with Gasteiger partial charge in [0.1, 0.15) is 4.99 Å². The van der Waals surface area contributed by atoms with E-state index in [9.17, 15) is 13.2 Å². The maximum atomic E-state index is 12.0. The van der Waals surface area contributed by atoms with E-state index >= 15 is 0 Å². The number of nitrogens with zero attached hydrogens (tertiary/aromatic N) is 1. The maximum Gasteiger partial charge on any atom is 0.260 e. The van der Waals surface area contributed by atoms with Crippen molar-refractivity contribution < 1.29 is 8.42 Å². The molecule has 5 nitrogen and oxygen atoms in total. The third-order valence-electron chi connectivity index (χ3n) is 2.82. The molecule has 2 N–H and O–H groups in total.